The lowest BCUT2D eigenvalue weighted by Gasteiger charge is -2.47. The number of benzene rings is 3. The van der Waals surface area contributed by atoms with E-state index in [0.29, 0.717) is 24.5 Å². The Morgan fingerprint density at radius 2 is 1.59 bits per heavy atom. The molecule has 8 heteroatoms. The van der Waals surface area contributed by atoms with E-state index in [1.165, 1.54) is 0 Å². The van der Waals surface area contributed by atoms with E-state index >= 15 is 0 Å². The second kappa shape index (κ2) is 12.1. The van der Waals surface area contributed by atoms with E-state index in [9.17, 15) is 14.4 Å². The second-order valence-electron chi connectivity index (χ2n) is 10.2. The van der Waals surface area contributed by atoms with Crippen LogP contribution in [0.1, 0.15) is 29.2 Å². The average molecular weight is 567 g/mol. The highest BCUT2D eigenvalue weighted by atomic mass is 32.2. The number of thioether (sulfide) groups is 1. The van der Waals surface area contributed by atoms with Crippen LogP contribution in [0.2, 0.25) is 0 Å². The molecule has 3 heterocycles. The molecule has 0 bridgehead atoms. The lowest BCUT2D eigenvalue weighted by atomic mass is 9.98. The fourth-order valence-electron chi connectivity index (χ4n) is 5.24. The maximum absolute atomic E-state index is 13.4. The van der Waals surface area contributed by atoms with Gasteiger partial charge in [0.15, 0.2) is 6.10 Å². The van der Waals surface area contributed by atoms with E-state index in [0.717, 1.165) is 22.3 Å². The molecule has 3 aromatic rings. The van der Waals surface area contributed by atoms with Crippen molar-refractivity contribution in [2.24, 2.45) is 5.92 Å². The fraction of sp³-hybridized carbons (Fsp3) is 0.242. The van der Waals surface area contributed by atoms with E-state index in [1.54, 1.807) is 22.9 Å². The van der Waals surface area contributed by atoms with Crippen molar-refractivity contribution in [2.75, 3.05) is 12.4 Å². The number of esters is 1. The Bertz CT molecular complexity index is 1440. The molecule has 3 aliphatic heterocycles. The SMILES string of the molecule is O=C(Cc1ccccc1)N[C@@H]1C(=O)N2C=C(C3=CC(C(=O)OC(c4ccccc4)c4ccccc4)CCO3)CS[C@H]12. The molecule has 7 nitrogen and oxygen atoms in total. The first-order valence-electron chi connectivity index (χ1n) is 13.7. The van der Waals surface area contributed by atoms with Gasteiger partial charge in [-0.25, -0.2) is 0 Å². The molecule has 3 aliphatic rings. The number of carbonyl (C=O) groups is 3. The summed E-state index contributed by atoms with van der Waals surface area (Å²) in [6.45, 7) is 0.379. The van der Waals surface area contributed by atoms with Crippen molar-refractivity contribution in [1.82, 2.24) is 10.2 Å². The van der Waals surface area contributed by atoms with E-state index in [2.05, 4.69) is 5.32 Å². The molecule has 1 unspecified atom stereocenters. The van der Waals surface area contributed by atoms with Crippen molar-refractivity contribution in [3.05, 3.63) is 131 Å². The highest BCUT2D eigenvalue weighted by molar-refractivity contribution is 8.00. The normalized spacial score (nSPS) is 21.5. The Balaban J connectivity index is 1.11. The lowest BCUT2D eigenvalue weighted by molar-refractivity contribution is -0.151. The molecule has 1 saturated heterocycles. The third-order valence-electron chi connectivity index (χ3n) is 7.41. The number of rotatable bonds is 8. The van der Waals surface area contributed by atoms with Gasteiger partial charge in [-0.05, 0) is 29.2 Å². The monoisotopic (exact) mass is 566 g/mol. The molecular weight excluding hydrogens is 536 g/mol. The van der Waals surface area contributed by atoms with E-state index in [1.807, 2.05) is 97.1 Å². The number of ether oxygens (including phenoxy) is 2. The Kier molecular flexibility index (Phi) is 7.91. The number of carbonyl (C=O) groups excluding carboxylic acids is 3. The summed E-state index contributed by atoms with van der Waals surface area (Å²) in [5.74, 6) is 0.102. The Morgan fingerprint density at radius 1 is 0.951 bits per heavy atom. The quantitative estimate of drug-likeness (QED) is 0.313. The minimum Gasteiger partial charge on any atom is -0.493 e. The van der Waals surface area contributed by atoms with Gasteiger partial charge < -0.3 is 19.7 Å². The van der Waals surface area contributed by atoms with Crippen LogP contribution < -0.4 is 5.32 Å². The number of hydrogen-bond acceptors (Lipinski definition) is 6. The van der Waals surface area contributed by atoms with Crippen molar-refractivity contribution in [1.29, 1.82) is 0 Å². The Hall–Kier alpha value is -4.30. The molecule has 1 fully saturated rings. The van der Waals surface area contributed by atoms with Crippen LogP contribution >= 0.6 is 11.8 Å². The summed E-state index contributed by atoms with van der Waals surface area (Å²) >= 11 is 1.57. The maximum Gasteiger partial charge on any atom is 0.314 e. The van der Waals surface area contributed by atoms with Gasteiger partial charge in [-0.15, -0.1) is 11.8 Å². The molecule has 0 spiro atoms. The van der Waals surface area contributed by atoms with Gasteiger partial charge in [-0.1, -0.05) is 91.0 Å². The largest absolute Gasteiger partial charge is 0.493 e. The number of nitrogens with zero attached hydrogens (tertiary/aromatic N) is 1. The van der Waals surface area contributed by atoms with Gasteiger partial charge in [-0.2, -0.15) is 0 Å². The topological polar surface area (TPSA) is 84.9 Å². The molecule has 2 amide bonds. The second-order valence-corrected chi connectivity index (χ2v) is 11.3. The van der Waals surface area contributed by atoms with Gasteiger partial charge in [0.2, 0.25) is 5.91 Å². The maximum atomic E-state index is 13.4. The van der Waals surface area contributed by atoms with Crippen LogP contribution in [0.15, 0.2) is 115 Å². The molecule has 6 rings (SSSR count). The first-order chi connectivity index (χ1) is 20.1. The van der Waals surface area contributed by atoms with Crippen LogP contribution in [-0.4, -0.2) is 46.5 Å². The zero-order chi connectivity index (χ0) is 28.2. The molecule has 41 heavy (non-hydrogen) atoms. The van der Waals surface area contributed by atoms with Crippen molar-refractivity contribution >= 4 is 29.5 Å². The van der Waals surface area contributed by atoms with Crippen LogP contribution in [-0.2, 0) is 30.3 Å². The Morgan fingerprint density at radius 3 is 2.24 bits per heavy atom. The van der Waals surface area contributed by atoms with Crippen molar-refractivity contribution in [3.8, 4) is 0 Å². The van der Waals surface area contributed by atoms with Crippen molar-refractivity contribution < 1.29 is 23.9 Å². The van der Waals surface area contributed by atoms with Gasteiger partial charge in [-0.3, -0.25) is 14.4 Å². The van der Waals surface area contributed by atoms with Crippen molar-refractivity contribution in [2.45, 2.75) is 30.4 Å². The standard InChI is InChI=1S/C33H30N2O5S/c36-28(18-22-10-4-1-5-11-22)34-29-31(37)35-20-26(21-41-32(29)35)27-19-25(16-17-39-27)33(38)40-30(23-12-6-2-7-13-23)24-14-8-3-9-15-24/h1-15,19-20,25,29-30,32H,16-18,21H2,(H,34,36)/t25?,29-,32-/m1/s1. The molecular formula is C33H30N2O5S. The molecule has 0 saturated carbocycles. The zero-order valence-electron chi connectivity index (χ0n) is 22.3. The third kappa shape index (κ3) is 5.93. The molecule has 1 N–H and O–H groups in total. The van der Waals surface area contributed by atoms with Crippen LogP contribution in [0.5, 0.6) is 0 Å². The van der Waals surface area contributed by atoms with Gasteiger partial charge in [0.25, 0.3) is 5.91 Å². The number of nitrogens with one attached hydrogen (secondary N) is 1. The summed E-state index contributed by atoms with van der Waals surface area (Å²) < 4.78 is 12.0. The lowest BCUT2D eigenvalue weighted by Crippen LogP contribution is -2.68. The summed E-state index contributed by atoms with van der Waals surface area (Å²) in [7, 11) is 0. The van der Waals surface area contributed by atoms with Crippen LogP contribution in [0.4, 0.5) is 0 Å². The summed E-state index contributed by atoms with van der Waals surface area (Å²) in [6, 6.07) is 28.3. The molecule has 208 valence electrons. The highest BCUT2D eigenvalue weighted by Gasteiger charge is 2.49. The fourth-order valence-corrected chi connectivity index (χ4v) is 6.51. The van der Waals surface area contributed by atoms with E-state index in [4.69, 9.17) is 9.47 Å². The van der Waals surface area contributed by atoms with E-state index in [-0.39, 0.29) is 29.6 Å². The molecule has 3 aromatic carbocycles. The van der Waals surface area contributed by atoms with Gasteiger partial charge in [0.05, 0.1) is 18.9 Å². The smallest absolute Gasteiger partial charge is 0.314 e. The van der Waals surface area contributed by atoms with Crippen molar-refractivity contribution in [3.63, 3.8) is 0 Å². The summed E-state index contributed by atoms with van der Waals surface area (Å²) in [6.07, 6.45) is 3.84. The Labute approximate surface area is 243 Å². The minimum absolute atomic E-state index is 0.151. The summed E-state index contributed by atoms with van der Waals surface area (Å²) in [4.78, 5) is 40.5. The third-order valence-corrected chi connectivity index (χ3v) is 8.72. The van der Waals surface area contributed by atoms with Crippen LogP contribution in [0, 0.1) is 5.92 Å². The number of allylic oxidation sites excluding steroid dienone is 1. The number of amides is 2. The molecule has 0 aliphatic carbocycles. The zero-order valence-corrected chi connectivity index (χ0v) is 23.2. The minimum atomic E-state index is -0.550. The van der Waals surface area contributed by atoms with Gasteiger partial charge in [0.1, 0.15) is 17.2 Å². The number of fused-ring (bicyclic) bond motifs is 1. The summed E-state index contributed by atoms with van der Waals surface area (Å²) in [5.41, 5.74) is 3.55. The predicted molar refractivity (Wildman–Crippen MR) is 156 cm³/mol. The summed E-state index contributed by atoms with van der Waals surface area (Å²) in [5, 5.41) is 2.73. The molecule has 0 radical (unpaired) electrons. The number of β-lactam (4-membered cyclic amide) rings is 1. The first-order valence-corrected chi connectivity index (χ1v) is 14.7. The van der Waals surface area contributed by atoms with Crippen LogP contribution in [0.25, 0.3) is 0 Å². The average Bonchev–Trinajstić information content (AvgIpc) is 3.03. The highest BCUT2D eigenvalue weighted by Crippen LogP contribution is 2.39. The van der Waals surface area contributed by atoms with Gasteiger partial charge in [0, 0.05) is 17.5 Å². The van der Waals surface area contributed by atoms with Gasteiger partial charge >= 0.3 is 5.97 Å². The predicted octanol–water partition coefficient (Wildman–Crippen LogP) is 4.77. The molecule has 0 aromatic heterocycles. The first kappa shape index (κ1) is 26.9. The molecule has 3 atom stereocenters. The van der Waals surface area contributed by atoms with E-state index < -0.39 is 18.1 Å². The van der Waals surface area contributed by atoms with Crippen LogP contribution in [0.3, 0.4) is 0 Å². The number of hydrogen-bond donors (Lipinski definition) is 1.